The van der Waals surface area contributed by atoms with E-state index in [-0.39, 0.29) is 30.0 Å². The largest absolute Gasteiger partial charge is 0.497 e. The minimum Gasteiger partial charge on any atom is -0.497 e. The molecule has 0 spiro atoms. The Morgan fingerprint density at radius 3 is 2.26 bits per heavy atom. The van der Waals surface area contributed by atoms with Crippen molar-refractivity contribution in [3.05, 3.63) is 29.8 Å². The van der Waals surface area contributed by atoms with Crippen molar-refractivity contribution in [1.82, 2.24) is 20.4 Å². The van der Waals surface area contributed by atoms with Crippen LogP contribution < -0.4 is 15.4 Å². The summed E-state index contributed by atoms with van der Waals surface area (Å²) in [6.45, 7) is 9.89. The summed E-state index contributed by atoms with van der Waals surface area (Å²) in [7, 11) is 7.73. The highest BCUT2D eigenvalue weighted by atomic mass is 127. The van der Waals surface area contributed by atoms with Crippen LogP contribution in [-0.4, -0.2) is 89.4 Å². The van der Waals surface area contributed by atoms with Crippen LogP contribution >= 0.6 is 24.0 Å². The maximum atomic E-state index is 5.53. The first kappa shape index (κ1) is 27.9. The number of halogens is 1. The molecule has 1 aromatic rings. The number of nitrogens with zero attached hydrogens (tertiary/aromatic N) is 3. The molecule has 2 N–H and O–H groups in total. The lowest BCUT2D eigenvalue weighted by molar-refractivity contribution is 0.0132. The first-order valence-electron chi connectivity index (χ1n) is 11.0. The van der Waals surface area contributed by atoms with Crippen molar-refractivity contribution < 1.29 is 9.47 Å². The van der Waals surface area contributed by atoms with Gasteiger partial charge in [-0.15, -0.1) is 24.0 Å². The van der Waals surface area contributed by atoms with Crippen LogP contribution in [0.1, 0.15) is 31.9 Å². The third kappa shape index (κ3) is 9.51. The Morgan fingerprint density at radius 2 is 1.74 bits per heavy atom. The van der Waals surface area contributed by atoms with Crippen molar-refractivity contribution in [2.75, 3.05) is 67.6 Å². The summed E-state index contributed by atoms with van der Waals surface area (Å²) in [5.74, 6) is 2.38. The van der Waals surface area contributed by atoms with Gasteiger partial charge < -0.3 is 25.0 Å². The van der Waals surface area contributed by atoms with Crippen molar-refractivity contribution >= 4 is 29.9 Å². The number of rotatable bonds is 10. The van der Waals surface area contributed by atoms with Crippen LogP contribution in [0.4, 0.5) is 0 Å². The van der Waals surface area contributed by atoms with Gasteiger partial charge in [-0.05, 0) is 44.1 Å². The highest BCUT2D eigenvalue weighted by Gasteiger charge is 2.22. The van der Waals surface area contributed by atoms with Crippen LogP contribution in [0.5, 0.6) is 5.75 Å². The number of nitrogens with one attached hydrogen (secondary N) is 2. The molecule has 1 saturated heterocycles. The van der Waals surface area contributed by atoms with Gasteiger partial charge in [-0.2, -0.15) is 0 Å². The number of benzene rings is 1. The second-order valence-corrected chi connectivity index (χ2v) is 8.52. The normalized spacial score (nSPS) is 17.2. The summed E-state index contributed by atoms with van der Waals surface area (Å²) in [6, 6.07) is 8.99. The van der Waals surface area contributed by atoms with Gasteiger partial charge in [0.2, 0.25) is 0 Å². The average molecular weight is 548 g/mol. The molecule has 0 saturated carbocycles. The number of methoxy groups -OCH3 is 1. The first-order valence-corrected chi connectivity index (χ1v) is 11.0. The molecule has 31 heavy (non-hydrogen) atoms. The van der Waals surface area contributed by atoms with E-state index in [0.29, 0.717) is 12.0 Å². The topological polar surface area (TPSA) is 61.4 Å². The Kier molecular flexibility index (Phi) is 13.4. The zero-order chi connectivity index (χ0) is 21.9. The Labute approximate surface area is 206 Å². The van der Waals surface area contributed by atoms with Gasteiger partial charge in [0.25, 0.3) is 0 Å². The SMILES string of the molecule is CN=C(NCC(c1ccc(OC)cc1)N(C)C)NCC(CC(C)C)N1CCOCC1.I. The van der Waals surface area contributed by atoms with E-state index in [4.69, 9.17) is 9.47 Å². The third-order valence-electron chi connectivity index (χ3n) is 5.62. The van der Waals surface area contributed by atoms with Crippen molar-refractivity contribution in [3.63, 3.8) is 0 Å². The number of morpholine rings is 1. The third-order valence-corrected chi connectivity index (χ3v) is 5.62. The van der Waals surface area contributed by atoms with E-state index in [9.17, 15) is 0 Å². The molecule has 0 bridgehead atoms. The summed E-state index contributed by atoms with van der Waals surface area (Å²) in [4.78, 5) is 9.21. The number of guanidine groups is 1. The maximum absolute atomic E-state index is 5.53. The monoisotopic (exact) mass is 547 g/mol. The van der Waals surface area contributed by atoms with Gasteiger partial charge in [0, 0.05) is 39.3 Å². The molecule has 1 heterocycles. The molecular formula is C23H42IN5O2. The predicted molar refractivity (Wildman–Crippen MR) is 140 cm³/mol. The molecule has 0 aromatic heterocycles. The van der Waals surface area contributed by atoms with Crippen LogP contribution in [-0.2, 0) is 4.74 Å². The van der Waals surface area contributed by atoms with Crippen LogP contribution in [0.25, 0.3) is 0 Å². The van der Waals surface area contributed by atoms with Crippen LogP contribution in [0.2, 0.25) is 0 Å². The lowest BCUT2D eigenvalue weighted by atomic mass is 10.0. The first-order chi connectivity index (χ1) is 14.4. The summed E-state index contributed by atoms with van der Waals surface area (Å²) in [5.41, 5.74) is 1.25. The zero-order valence-corrected chi connectivity index (χ0v) is 22.4. The molecule has 178 valence electrons. The van der Waals surface area contributed by atoms with Gasteiger partial charge in [0.1, 0.15) is 5.75 Å². The highest BCUT2D eigenvalue weighted by Crippen LogP contribution is 2.20. The Bertz CT molecular complexity index is 633. The van der Waals surface area contributed by atoms with E-state index in [2.05, 4.69) is 65.5 Å². The van der Waals surface area contributed by atoms with E-state index >= 15 is 0 Å². The average Bonchev–Trinajstić information content (AvgIpc) is 2.75. The smallest absolute Gasteiger partial charge is 0.191 e. The fourth-order valence-corrected chi connectivity index (χ4v) is 3.90. The van der Waals surface area contributed by atoms with E-state index < -0.39 is 0 Å². The molecular weight excluding hydrogens is 505 g/mol. The van der Waals surface area contributed by atoms with Crippen LogP contribution in [0.15, 0.2) is 29.3 Å². The second kappa shape index (κ2) is 14.9. The molecule has 0 radical (unpaired) electrons. The fraction of sp³-hybridized carbons (Fsp3) is 0.696. The van der Waals surface area contributed by atoms with Gasteiger partial charge in [-0.3, -0.25) is 9.89 Å². The van der Waals surface area contributed by atoms with Crippen molar-refractivity contribution in [3.8, 4) is 5.75 Å². The Hall–Kier alpha value is -1.10. The zero-order valence-electron chi connectivity index (χ0n) is 20.1. The summed E-state index contributed by atoms with van der Waals surface area (Å²) in [6.07, 6.45) is 1.16. The van der Waals surface area contributed by atoms with Crippen molar-refractivity contribution in [1.29, 1.82) is 0 Å². The van der Waals surface area contributed by atoms with Crippen molar-refractivity contribution in [2.24, 2.45) is 10.9 Å². The molecule has 0 aliphatic carbocycles. The number of likely N-dealkylation sites (N-methyl/N-ethyl adjacent to an activating group) is 1. The van der Waals surface area contributed by atoms with Gasteiger partial charge in [-0.25, -0.2) is 0 Å². The van der Waals surface area contributed by atoms with Gasteiger partial charge in [-0.1, -0.05) is 26.0 Å². The van der Waals surface area contributed by atoms with E-state index in [1.807, 2.05) is 19.2 Å². The van der Waals surface area contributed by atoms with Crippen molar-refractivity contribution in [2.45, 2.75) is 32.4 Å². The summed E-state index contributed by atoms with van der Waals surface area (Å²) in [5, 5.41) is 7.07. The van der Waals surface area contributed by atoms with Crippen LogP contribution in [0, 0.1) is 5.92 Å². The van der Waals surface area contributed by atoms with Crippen LogP contribution in [0.3, 0.4) is 0 Å². The summed E-state index contributed by atoms with van der Waals surface area (Å²) < 4.78 is 10.8. The van der Waals surface area contributed by atoms with Gasteiger partial charge in [0.15, 0.2) is 5.96 Å². The predicted octanol–water partition coefficient (Wildman–Crippen LogP) is 2.83. The lowest BCUT2D eigenvalue weighted by Gasteiger charge is -2.36. The quantitative estimate of drug-likeness (QED) is 0.267. The molecule has 1 fully saturated rings. The number of hydrogen-bond donors (Lipinski definition) is 2. The van der Waals surface area contributed by atoms with E-state index in [1.165, 1.54) is 5.56 Å². The Balaban J connectivity index is 0.00000480. The van der Waals surface area contributed by atoms with E-state index in [1.54, 1.807) is 7.11 Å². The molecule has 7 nitrogen and oxygen atoms in total. The minimum absolute atomic E-state index is 0. The number of hydrogen-bond acceptors (Lipinski definition) is 5. The molecule has 1 aromatic carbocycles. The summed E-state index contributed by atoms with van der Waals surface area (Å²) >= 11 is 0. The number of ether oxygens (including phenoxy) is 2. The maximum Gasteiger partial charge on any atom is 0.191 e. The molecule has 8 heteroatoms. The van der Waals surface area contributed by atoms with Gasteiger partial charge in [0.05, 0.1) is 26.4 Å². The molecule has 0 amide bonds. The standard InChI is InChI=1S/C23H41N5O2.HI/c1-18(2)15-20(28-11-13-30-14-12-28)16-25-23(24-3)26-17-22(27(4)5)19-7-9-21(29-6)10-8-19;/h7-10,18,20,22H,11-17H2,1-6H3,(H2,24,25,26);1H. The van der Waals surface area contributed by atoms with E-state index in [0.717, 1.165) is 57.5 Å². The molecule has 1 aliphatic heterocycles. The molecule has 2 rings (SSSR count). The molecule has 1 aliphatic rings. The molecule has 2 unspecified atom stereocenters. The lowest BCUT2D eigenvalue weighted by Crippen LogP contribution is -2.51. The van der Waals surface area contributed by atoms with Gasteiger partial charge >= 0.3 is 0 Å². The Morgan fingerprint density at radius 1 is 1.13 bits per heavy atom. The molecule has 2 atom stereocenters. The number of aliphatic imine (C=N–C) groups is 1. The fourth-order valence-electron chi connectivity index (χ4n) is 3.90. The highest BCUT2D eigenvalue weighted by molar-refractivity contribution is 14.0. The minimum atomic E-state index is 0. The second-order valence-electron chi connectivity index (χ2n) is 8.52.